The third-order valence-corrected chi connectivity index (χ3v) is 4.95. The summed E-state index contributed by atoms with van der Waals surface area (Å²) in [6.45, 7) is 1.88. The third-order valence-electron chi connectivity index (χ3n) is 3.76. The number of nitro groups is 1. The van der Waals surface area contributed by atoms with Crippen LogP contribution in [0.25, 0.3) is 5.57 Å². The van der Waals surface area contributed by atoms with Crippen LogP contribution in [-0.4, -0.2) is 22.5 Å². The van der Waals surface area contributed by atoms with Crippen molar-refractivity contribution in [1.29, 1.82) is 0 Å². The highest BCUT2D eigenvalue weighted by Crippen LogP contribution is 2.39. The fourth-order valence-corrected chi connectivity index (χ4v) is 3.68. The van der Waals surface area contributed by atoms with Crippen LogP contribution in [0.15, 0.2) is 53.4 Å². The molecular weight excluding hydrogens is 376 g/mol. The number of carbonyl (C=O) groups excluding carboxylic acids is 2. The van der Waals surface area contributed by atoms with Crippen LogP contribution in [0, 0.1) is 10.1 Å². The van der Waals surface area contributed by atoms with Gasteiger partial charge in [-0.15, -0.1) is 11.8 Å². The molecule has 3 rings (SSSR count). The molecule has 2 aromatic carbocycles. The van der Waals surface area contributed by atoms with Gasteiger partial charge in [0.1, 0.15) is 0 Å². The number of nitro benzene ring substituents is 1. The Kier molecular flexibility index (Phi) is 5.11. The zero-order valence-electron chi connectivity index (χ0n) is 13.6. The Labute approximate surface area is 158 Å². The molecule has 132 valence electrons. The number of benzene rings is 2. The van der Waals surface area contributed by atoms with Gasteiger partial charge in [0.05, 0.1) is 21.1 Å². The summed E-state index contributed by atoms with van der Waals surface area (Å²) >= 11 is 7.25. The van der Waals surface area contributed by atoms with E-state index in [0.717, 1.165) is 4.90 Å². The monoisotopic (exact) mass is 388 g/mol. The van der Waals surface area contributed by atoms with Crippen molar-refractivity contribution in [3.63, 3.8) is 0 Å². The minimum absolute atomic E-state index is 0.0810. The molecule has 0 unspecified atom stereocenters. The van der Waals surface area contributed by atoms with Crippen molar-refractivity contribution in [2.24, 2.45) is 0 Å². The molecule has 1 aliphatic heterocycles. The molecule has 26 heavy (non-hydrogen) atoms. The summed E-state index contributed by atoms with van der Waals surface area (Å²) in [5, 5.41) is 11.2. The molecule has 0 saturated carbocycles. The first-order valence-corrected chi connectivity index (χ1v) is 9.06. The molecule has 0 saturated heterocycles. The molecule has 2 aromatic rings. The predicted molar refractivity (Wildman–Crippen MR) is 102 cm³/mol. The van der Waals surface area contributed by atoms with Crippen LogP contribution >= 0.6 is 23.4 Å². The minimum Gasteiger partial charge on any atom is -0.268 e. The van der Waals surface area contributed by atoms with Crippen LogP contribution in [0.5, 0.6) is 0 Å². The van der Waals surface area contributed by atoms with E-state index in [2.05, 4.69) is 0 Å². The Hall–Kier alpha value is -2.64. The number of amides is 2. The Morgan fingerprint density at radius 1 is 1.12 bits per heavy atom. The zero-order valence-corrected chi connectivity index (χ0v) is 15.2. The van der Waals surface area contributed by atoms with Crippen LogP contribution < -0.4 is 4.90 Å². The van der Waals surface area contributed by atoms with Gasteiger partial charge in [0.25, 0.3) is 17.5 Å². The van der Waals surface area contributed by atoms with Crippen molar-refractivity contribution >= 4 is 52.1 Å². The quantitative estimate of drug-likeness (QED) is 0.433. The molecule has 0 spiro atoms. The second-order valence-corrected chi connectivity index (χ2v) is 7.08. The van der Waals surface area contributed by atoms with Gasteiger partial charge in [-0.05, 0) is 41.6 Å². The van der Waals surface area contributed by atoms with Gasteiger partial charge < -0.3 is 0 Å². The van der Waals surface area contributed by atoms with E-state index in [4.69, 9.17) is 11.6 Å². The summed E-state index contributed by atoms with van der Waals surface area (Å²) < 4.78 is 0. The first-order chi connectivity index (χ1) is 12.4. The standard InChI is InChI=1S/C18H13ClN2O4S/c1-2-26-16-15(11-6-8-13(9-7-11)21(24)25)17(22)20(18(16)23)14-5-3-4-12(19)10-14/h3-10H,2H2,1H3. The summed E-state index contributed by atoms with van der Waals surface area (Å²) in [6.07, 6.45) is 0. The minimum atomic E-state index is -0.514. The largest absolute Gasteiger partial charge is 0.272 e. The number of non-ortho nitro benzene ring substituents is 1. The van der Waals surface area contributed by atoms with Crippen molar-refractivity contribution in [2.45, 2.75) is 6.92 Å². The number of nitrogens with zero attached hydrogens (tertiary/aromatic N) is 2. The average molecular weight is 389 g/mol. The first-order valence-electron chi connectivity index (χ1n) is 7.70. The van der Waals surface area contributed by atoms with E-state index in [1.807, 2.05) is 6.92 Å². The van der Waals surface area contributed by atoms with Gasteiger partial charge in [-0.1, -0.05) is 24.6 Å². The number of halogens is 1. The predicted octanol–water partition coefficient (Wildman–Crippen LogP) is 4.29. The van der Waals surface area contributed by atoms with E-state index in [-0.39, 0.29) is 11.3 Å². The SMILES string of the molecule is CCSC1=C(c2ccc([N+](=O)[O-])cc2)C(=O)N(c2cccc(Cl)c2)C1=O. The number of carbonyl (C=O) groups is 2. The molecule has 0 atom stereocenters. The lowest BCUT2D eigenvalue weighted by Gasteiger charge is -2.15. The van der Waals surface area contributed by atoms with E-state index < -0.39 is 16.7 Å². The first kappa shape index (κ1) is 18.2. The molecule has 0 radical (unpaired) electrons. The van der Waals surface area contributed by atoms with E-state index in [1.54, 1.807) is 24.3 Å². The summed E-state index contributed by atoms with van der Waals surface area (Å²) in [7, 11) is 0. The van der Waals surface area contributed by atoms with Crippen LogP contribution in [-0.2, 0) is 9.59 Å². The molecule has 0 N–H and O–H groups in total. The molecule has 1 aliphatic rings. The molecule has 0 aliphatic carbocycles. The summed E-state index contributed by atoms with van der Waals surface area (Å²) in [4.78, 5) is 37.6. The normalized spacial score (nSPS) is 14.3. The van der Waals surface area contributed by atoms with Crippen molar-refractivity contribution in [2.75, 3.05) is 10.7 Å². The fourth-order valence-electron chi connectivity index (χ4n) is 2.64. The fraction of sp³-hybridized carbons (Fsp3) is 0.111. The maximum atomic E-state index is 13.0. The van der Waals surface area contributed by atoms with Crippen LogP contribution in [0.4, 0.5) is 11.4 Å². The summed E-state index contributed by atoms with van der Waals surface area (Å²) in [5.74, 6) is -0.284. The summed E-state index contributed by atoms with van der Waals surface area (Å²) in [6, 6.07) is 12.1. The number of hydrogen-bond acceptors (Lipinski definition) is 5. The van der Waals surface area contributed by atoms with Crippen LogP contribution in [0.1, 0.15) is 12.5 Å². The number of anilines is 1. The molecule has 8 heteroatoms. The van der Waals surface area contributed by atoms with E-state index >= 15 is 0 Å². The van der Waals surface area contributed by atoms with Gasteiger partial charge in [-0.25, -0.2) is 4.90 Å². The summed E-state index contributed by atoms with van der Waals surface area (Å²) in [5.41, 5.74) is 1.02. The number of hydrogen-bond donors (Lipinski definition) is 0. The molecule has 0 fully saturated rings. The van der Waals surface area contributed by atoms with Gasteiger partial charge in [-0.2, -0.15) is 0 Å². The number of thioether (sulfide) groups is 1. The maximum Gasteiger partial charge on any atom is 0.272 e. The Bertz CT molecular complexity index is 940. The third kappa shape index (κ3) is 3.23. The Morgan fingerprint density at radius 3 is 2.38 bits per heavy atom. The van der Waals surface area contributed by atoms with Crippen LogP contribution in [0.3, 0.4) is 0 Å². The molecule has 0 bridgehead atoms. The molecule has 2 amide bonds. The molecule has 6 nitrogen and oxygen atoms in total. The van der Waals surface area contributed by atoms with Crippen molar-refractivity contribution in [3.8, 4) is 0 Å². The lowest BCUT2D eigenvalue weighted by atomic mass is 10.1. The van der Waals surface area contributed by atoms with E-state index in [1.165, 1.54) is 36.0 Å². The Balaban J connectivity index is 2.07. The topological polar surface area (TPSA) is 80.5 Å². The lowest BCUT2D eigenvalue weighted by molar-refractivity contribution is -0.384. The number of rotatable bonds is 5. The smallest absolute Gasteiger partial charge is 0.268 e. The van der Waals surface area contributed by atoms with E-state index in [0.29, 0.717) is 26.9 Å². The molecule has 1 heterocycles. The van der Waals surface area contributed by atoms with Crippen molar-refractivity contribution in [1.82, 2.24) is 0 Å². The second kappa shape index (κ2) is 7.31. The second-order valence-electron chi connectivity index (χ2n) is 5.37. The van der Waals surface area contributed by atoms with Gasteiger partial charge in [0.2, 0.25) is 0 Å². The zero-order chi connectivity index (χ0) is 18.8. The molecular formula is C18H13ClN2O4S. The Morgan fingerprint density at radius 2 is 1.81 bits per heavy atom. The van der Waals surface area contributed by atoms with Crippen molar-refractivity contribution < 1.29 is 14.5 Å². The van der Waals surface area contributed by atoms with Gasteiger partial charge in [0, 0.05) is 17.2 Å². The van der Waals surface area contributed by atoms with Gasteiger partial charge in [0.15, 0.2) is 0 Å². The maximum absolute atomic E-state index is 13.0. The van der Waals surface area contributed by atoms with Crippen LogP contribution in [0.2, 0.25) is 5.02 Å². The van der Waals surface area contributed by atoms with Gasteiger partial charge >= 0.3 is 0 Å². The highest BCUT2D eigenvalue weighted by molar-refractivity contribution is 8.04. The number of imide groups is 1. The van der Waals surface area contributed by atoms with Crippen molar-refractivity contribution in [3.05, 3.63) is 74.1 Å². The highest BCUT2D eigenvalue weighted by Gasteiger charge is 2.40. The average Bonchev–Trinajstić information content (AvgIpc) is 2.85. The van der Waals surface area contributed by atoms with Gasteiger partial charge in [-0.3, -0.25) is 19.7 Å². The van der Waals surface area contributed by atoms with E-state index in [9.17, 15) is 19.7 Å². The highest BCUT2D eigenvalue weighted by atomic mass is 35.5. The molecule has 0 aromatic heterocycles. The lowest BCUT2D eigenvalue weighted by Crippen LogP contribution is -2.31.